The van der Waals surface area contributed by atoms with Gasteiger partial charge in [0.2, 0.25) is 5.91 Å². The highest BCUT2D eigenvalue weighted by molar-refractivity contribution is 7.64. The lowest BCUT2D eigenvalue weighted by atomic mass is 10.1. The number of nitrogens with zero attached hydrogens (tertiary/aromatic N) is 3. The number of amides is 3. The maximum absolute atomic E-state index is 13.9. The number of carbonyl (C=O) groups excluding carboxylic acids is 3. The highest BCUT2D eigenvalue weighted by Gasteiger charge is 2.40. The number of nitrogens with one attached hydrogen (secondary N) is 1. The number of benzene rings is 2. The zero-order valence-corrected chi connectivity index (χ0v) is 27.9. The van der Waals surface area contributed by atoms with Gasteiger partial charge < -0.3 is 43.7 Å². The van der Waals surface area contributed by atoms with E-state index in [1.165, 1.54) is 25.2 Å². The largest absolute Gasteiger partial charge is 0.493 e. The summed E-state index contributed by atoms with van der Waals surface area (Å²) in [4.78, 5) is 47.2. The Labute approximate surface area is 278 Å². The lowest BCUT2D eigenvalue weighted by molar-refractivity contribution is -0.119. The predicted molar refractivity (Wildman–Crippen MR) is 180 cm³/mol. The van der Waals surface area contributed by atoms with E-state index in [9.17, 15) is 24.1 Å². The van der Waals surface area contributed by atoms with Crippen molar-refractivity contribution in [1.82, 2.24) is 9.80 Å². The third-order valence-corrected chi connectivity index (χ3v) is 12.1. The Hall–Kier alpha value is -4.61. The molecule has 4 aliphatic rings. The minimum absolute atomic E-state index is 0.0198. The van der Waals surface area contributed by atoms with E-state index < -0.39 is 13.2 Å². The van der Waals surface area contributed by atoms with Crippen molar-refractivity contribution in [2.45, 2.75) is 24.9 Å². The van der Waals surface area contributed by atoms with Crippen molar-refractivity contribution in [2.75, 3.05) is 70.9 Å². The minimum Gasteiger partial charge on any atom is -0.493 e. The molecule has 6 rings (SSSR count). The highest BCUT2D eigenvalue weighted by atomic mass is 31.2. The fourth-order valence-corrected chi connectivity index (χ4v) is 8.38. The molecule has 0 saturated carbocycles. The molecule has 254 valence electrons. The molecule has 14 heteroatoms. The maximum atomic E-state index is 13.9. The molecule has 1 unspecified atom stereocenters. The molecule has 2 aromatic rings. The van der Waals surface area contributed by atoms with Crippen molar-refractivity contribution in [3.05, 3.63) is 59.7 Å². The second-order valence-corrected chi connectivity index (χ2v) is 15.8. The number of hydrogen-bond acceptors (Lipinski definition) is 10. The average Bonchev–Trinajstić information content (AvgIpc) is 3.59. The van der Waals surface area contributed by atoms with E-state index in [-0.39, 0.29) is 79.1 Å². The van der Waals surface area contributed by atoms with E-state index in [2.05, 4.69) is 23.5 Å². The van der Waals surface area contributed by atoms with Crippen LogP contribution in [0.5, 0.6) is 23.0 Å². The summed E-state index contributed by atoms with van der Waals surface area (Å²) in [7, 11) is -0.0629. The molecule has 3 amide bonds. The molecule has 3 atom stereocenters. The molecular weight excluding hydrogens is 639 g/mol. The predicted octanol–water partition coefficient (Wildman–Crippen LogP) is 3.73. The Balaban J connectivity index is 1.12. The summed E-state index contributed by atoms with van der Waals surface area (Å²) in [6, 6.07) is 5.56. The van der Waals surface area contributed by atoms with Gasteiger partial charge in [0.1, 0.15) is 6.04 Å². The number of anilines is 1. The van der Waals surface area contributed by atoms with Gasteiger partial charge in [-0.2, -0.15) is 0 Å². The summed E-state index contributed by atoms with van der Waals surface area (Å²) in [6.45, 7) is 8.52. The molecule has 2 aromatic carbocycles. The standard InChI is InChI=1S/C34H39N4O9P/c1-20-11-22-17-35-25-15-30(28(44-3)13-23(25)33(41)37(22)18-20)46-6-9-48(43,8-5-39)10-7-47-31-16-26-24(14-29(31)45-4)34(42)38-19-21(2)12-27(38)32(40)36-26/h13-17,22,27,39H,1-2,5-12,18-19H2,3-4H3,(H,36,40)/t22-,27-,48?/m0/s1. The van der Waals surface area contributed by atoms with Gasteiger partial charge in [-0.1, -0.05) is 24.3 Å². The molecule has 2 fully saturated rings. The Kier molecular flexibility index (Phi) is 9.35. The quantitative estimate of drug-likeness (QED) is 0.252. The normalized spacial score (nSPS) is 21.0. The highest BCUT2D eigenvalue weighted by Crippen LogP contribution is 2.46. The number of fused-ring (bicyclic) bond motifs is 4. The number of rotatable bonds is 12. The molecular formula is C34H39N4O9P. The van der Waals surface area contributed by atoms with Crippen molar-refractivity contribution in [3.63, 3.8) is 0 Å². The number of hydrogen-bond donors (Lipinski definition) is 2. The van der Waals surface area contributed by atoms with E-state index in [1.807, 2.05) is 0 Å². The van der Waals surface area contributed by atoms with Crippen LogP contribution >= 0.6 is 7.14 Å². The molecule has 0 aliphatic carbocycles. The van der Waals surface area contributed by atoms with Crippen LogP contribution in [0.4, 0.5) is 11.4 Å². The van der Waals surface area contributed by atoms with Crippen LogP contribution in [0.2, 0.25) is 0 Å². The third-order valence-electron chi connectivity index (χ3n) is 9.08. The molecule has 13 nitrogen and oxygen atoms in total. The van der Waals surface area contributed by atoms with Crippen molar-refractivity contribution in [1.29, 1.82) is 0 Å². The van der Waals surface area contributed by atoms with Crippen molar-refractivity contribution in [2.24, 2.45) is 4.99 Å². The third kappa shape index (κ3) is 6.44. The van der Waals surface area contributed by atoms with Gasteiger partial charge in [0.05, 0.1) is 63.1 Å². The topological polar surface area (TPSA) is 156 Å². The van der Waals surface area contributed by atoms with Crippen LogP contribution in [0.25, 0.3) is 0 Å². The first-order valence-electron chi connectivity index (χ1n) is 15.7. The lowest BCUT2D eigenvalue weighted by Gasteiger charge is -2.21. The van der Waals surface area contributed by atoms with E-state index in [0.29, 0.717) is 54.4 Å². The van der Waals surface area contributed by atoms with Crippen molar-refractivity contribution < 1.29 is 43.0 Å². The summed E-state index contributed by atoms with van der Waals surface area (Å²) >= 11 is 0. The molecule has 2 N–H and O–H groups in total. The van der Waals surface area contributed by atoms with E-state index in [1.54, 1.807) is 29.3 Å². The smallest absolute Gasteiger partial charge is 0.257 e. The zero-order valence-electron chi connectivity index (χ0n) is 27.0. The number of methoxy groups -OCH3 is 2. The van der Waals surface area contributed by atoms with Gasteiger partial charge in [-0.15, -0.1) is 0 Å². The molecule has 4 heterocycles. The van der Waals surface area contributed by atoms with Gasteiger partial charge >= 0.3 is 0 Å². The summed E-state index contributed by atoms with van der Waals surface area (Å²) in [6.07, 6.45) is 3.15. The Morgan fingerprint density at radius 1 is 0.854 bits per heavy atom. The number of aliphatic imine (C=N–C) groups is 1. The molecule has 0 aromatic heterocycles. The molecule has 4 aliphatic heterocycles. The van der Waals surface area contributed by atoms with Crippen LogP contribution in [0.3, 0.4) is 0 Å². The molecule has 48 heavy (non-hydrogen) atoms. The lowest BCUT2D eigenvalue weighted by Crippen LogP contribution is -2.40. The summed E-state index contributed by atoms with van der Waals surface area (Å²) < 4.78 is 36.9. The first-order valence-corrected chi connectivity index (χ1v) is 18.0. The summed E-state index contributed by atoms with van der Waals surface area (Å²) in [5.41, 5.74) is 3.23. The van der Waals surface area contributed by atoms with Gasteiger partial charge in [-0.25, -0.2) is 0 Å². The number of ether oxygens (including phenoxy) is 4. The average molecular weight is 679 g/mol. The molecule has 0 bridgehead atoms. The van der Waals surface area contributed by atoms with Gasteiger partial charge in [0.25, 0.3) is 11.8 Å². The second-order valence-electron chi connectivity index (χ2n) is 12.3. The monoisotopic (exact) mass is 678 g/mol. The number of aliphatic hydroxyl groups excluding tert-OH is 1. The van der Waals surface area contributed by atoms with Crippen LogP contribution in [0.1, 0.15) is 33.6 Å². The Morgan fingerprint density at radius 2 is 1.46 bits per heavy atom. The fourth-order valence-electron chi connectivity index (χ4n) is 6.50. The van der Waals surface area contributed by atoms with Gasteiger partial charge in [-0.05, 0) is 25.0 Å². The number of aliphatic hydroxyl groups is 1. The van der Waals surface area contributed by atoms with Crippen LogP contribution in [-0.2, 0) is 9.36 Å². The van der Waals surface area contributed by atoms with Crippen LogP contribution in [0, 0.1) is 0 Å². The van der Waals surface area contributed by atoms with E-state index in [0.717, 1.165) is 11.1 Å². The Bertz CT molecular complexity index is 1770. The fraction of sp³-hybridized carbons (Fsp3) is 0.412. The molecule has 0 radical (unpaired) electrons. The minimum atomic E-state index is -2.99. The SMILES string of the molecule is C=C1C[C@H]2C=Nc3cc(OCCP(=O)(CCO)CCOc4cc5c(cc4OC)C(=O)N4CC(=C)C[C@H]4C(=O)N5)c(OC)cc3C(=O)N2C1. The van der Waals surface area contributed by atoms with Gasteiger partial charge in [0, 0.05) is 56.5 Å². The first kappa shape index (κ1) is 33.3. The molecule has 0 spiro atoms. The van der Waals surface area contributed by atoms with Gasteiger partial charge in [0.15, 0.2) is 23.0 Å². The van der Waals surface area contributed by atoms with Crippen LogP contribution in [0.15, 0.2) is 53.6 Å². The van der Waals surface area contributed by atoms with Crippen molar-refractivity contribution >= 4 is 42.5 Å². The van der Waals surface area contributed by atoms with Gasteiger partial charge in [-0.3, -0.25) is 19.4 Å². The zero-order chi connectivity index (χ0) is 34.2. The van der Waals surface area contributed by atoms with Crippen molar-refractivity contribution in [3.8, 4) is 23.0 Å². The summed E-state index contributed by atoms with van der Waals surface area (Å²) in [5, 5.41) is 12.6. The van der Waals surface area contributed by atoms with E-state index >= 15 is 0 Å². The molecule has 2 saturated heterocycles. The van der Waals surface area contributed by atoms with E-state index in [4.69, 9.17) is 18.9 Å². The summed E-state index contributed by atoms with van der Waals surface area (Å²) in [5.74, 6) is 0.499. The van der Waals surface area contributed by atoms with Crippen LogP contribution in [-0.4, -0.2) is 117 Å². The first-order chi connectivity index (χ1) is 23.0. The van der Waals surface area contributed by atoms with Crippen LogP contribution < -0.4 is 24.3 Å². The second kappa shape index (κ2) is 13.5. The number of carbonyl (C=O) groups is 3. The maximum Gasteiger partial charge on any atom is 0.257 e. The Morgan fingerprint density at radius 3 is 2.12 bits per heavy atom.